The topological polar surface area (TPSA) is 20.2 Å². The zero-order valence-electron chi connectivity index (χ0n) is 6.36. The number of rotatable bonds is 2. The van der Waals surface area contributed by atoms with E-state index in [2.05, 4.69) is 11.8 Å². The van der Waals surface area contributed by atoms with E-state index in [9.17, 15) is 5.11 Å². The molecule has 1 N–H and O–H groups in total. The van der Waals surface area contributed by atoms with Crippen LogP contribution in [0.3, 0.4) is 0 Å². The van der Waals surface area contributed by atoms with Crippen LogP contribution < -0.4 is 0 Å². The van der Waals surface area contributed by atoms with Crippen LogP contribution >= 0.6 is 0 Å². The van der Waals surface area contributed by atoms with Crippen LogP contribution in [0.4, 0.5) is 0 Å². The van der Waals surface area contributed by atoms with Crippen molar-refractivity contribution in [2.45, 2.75) is 39.2 Å². The fraction of sp³-hybridized carbons (Fsp3) is 0.750. The van der Waals surface area contributed by atoms with Crippen molar-refractivity contribution in [3.8, 4) is 11.8 Å². The molecule has 0 rings (SSSR count). The van der Waals surface area contributed by atoms with E-state index in [4.69, 9.17) is 0 Å². The summed E-state index contributed by atoms with van der Waals surface area (Å²) in [5.74, 6) is 5.42. The van der Waals surface area contributed by atoms with Crippen LogP contribution in [0.1, 0.15) is 33.6 Å². The van der Waals surface area contributed by atoms with Crippen molar-refractivity contribution < 1.29 is 5.11 Å². The van der Waals surface area contributed by atoms with E-state index in [1.165, 1.54) is 0 Å². The maximum atomic E-state index is 9.34. The van der Waals surface area contributed by atoms with Crippen LogP contribution in [0.25, 0.3) is 0 Å². The van der Waals surface area contributed by atoms with Gasteiger partial charge in [-0.3, -0.25) is 0 Å². The van der Waals surface area contributed by atoms with Gasteiger partial charge in [0.05, 0.1) is 0 Å². The monoisotopic (exact) mass is 126 g/mol. The quantitative estimate of drug-likeness (QED) is 0.557. The molecule has 0 unspecified atom stereocenters. The zero-order chi connectivity index (χ0) is 7.33. The molecule has 0 fully saturated rings. The molecule has 0 aromatic rings. The Morgan fingerprint density at radius 3 is 2.44 bits per heavy atom. The standard InChI is InChI=1S/C8H14O/c1-4-6-8(3,9)7-5-2/h9H,4,6H2,1-3H3/t8-/m1/s1. The highest BCUT2D eigenvalue weighted by Gasteiger charge is 2.13. The second kappa shape index (κ2) is 3.53. The molecule has 0 heterocycles. The van der Waals surface area contributed by atoms with Crippen molar-refractivity contribution in [2.75, 3.05) is 0 Å². The third-order valence-electron chi connectivity index (χ3n) is 1.13. The van der Waals surface area contributed by atoms with Crippen LogP contribution in [0, 0.1) is 11.8 Å². The Morgan fingerprint density at radius 2 is 2.11 bits per heavy atom. The molecule has 9 heavy (non-hydrogen) atoms. The molecule has 1 atom stereocenters. The summed E-state index contributed by atoms with van der Waals surface area (Å²) in [5, 5.41) is 9.34. The lowest BCUT2D eigenvalue weighted by molar-refractivity contribution is 0.111. The molecule has 0 amide bonds. The predicted octanol–water partition coefficient (Wildman–Crippen LogP) is 1.56. The molecule has 52 valence electrons. The van der Waals surface area contributed by atoms with Gasteiger partial charge in [-0.1, -0.05) is 19.3 Å². The molecule has 0 saturated heterocycles. The highest BCUT2D eigenvalue weighted by atomic mass is 16.3. The van der Waals surface area contributed by atoms with Gasteiger partial charge in [0.2, 0.25) is 0 Å². The van der Waals surface area contributed by atoms with Crippen molar-refractivity contribution in [2.24, 2.45) is 0 Å². The minimum Gasteiger partial charge on any atom is -0.378 e. The van der Waals surface area contributed by atoms with E-state index < -0.39 is 5.60 Å². The van der Waals surface area contributed by atoms with Gasteiger partial charge in [0.25, 0.3) is 0 Å². The highest BCUT2D eigenvalue weighted by molar-refractivity contribution is 5.09. The van der Waals surface area contributed by atoms with Gasteiger partial charge in [-0.05, 0) is 20.3 Å². The summed E-state index contributed by atoms with van der Waals surface area (Å²) in [6, 6.07) is 0. The molecule has 0 spiro atoms. The Labute approximate surface area is 57.1 Å². The molecule has 0 aromatic carbocycles. The normalized spacial score (nSPS) is 15.6. The lowest BCUT2D eigenvalue weighted by Crippen LogP contribution is -2.20. The minimum atomic E-state index is -0.760. The minimum absolute atomic E-state index is 0.758. The van der Waals surface area contributed by atoms with E-state index in [0.717, 1.165) is 12.8 Å². The SMILES string of the molecule is CC#C[C@](C)(O)CCC. The molecule has 0 aliphatic heterocycles. The van der Waals surface area contributed by atoms with Crippen LogP contribution in [-0.4, -0.2) is 10.7 Å². The van der Waals surface area contributed by atoms with Crippen molar-refractivity contribution in [3.63, 3.8) is 0 Å². The van der Waals surface area contributed by atoms with Gasteiger partial charge in [-0.2, -0.15) is 0 Å². The highest BCUT2D eigenvalue weighted by Crippen LogP contribution is 2.08. The molecule has 0 aliphatic carbocycles. The first-order valence-electron chi connectivity index (χ1n) is 3.28. The summed E-state index contributed by atoms with van der Waals surface area (Å²) in [6.07, 6.45) is 1.73. The first-order chi connectivity index (χ1) is 4.12. The molecular weight excluding hydrogens is 112 g/mol. The maximum absolute atomic E-state index is 9.34. The summed E-state index contributed by atoms with van der Waals surface area (Å²) in [4.78, 5) is 0. The van der Waals surface area contributed by atoms with Crippen molar-refractivity contribution in [3.05, 3.63) is 0 Å². The smallest absolute Gasteiger partial charge is 0.122 e. The van der Waals surface area contributed by atoms with Crippen LogP contribution in [-0.2, 0) is 0 Å². The predicted molar refractivity (Wildman–Crippen MR) is 39.0 cm³/mol. The van der Waals surface area contributed by atoms with Crippen LogP contribution in [0.2, 0.25) is 0 Å². The van der Waals surface area contributed by atoms with Gasteiger partial charge in [-0.15, -0.1) is 5.92 Å². The summed E-state index contributed by atoms with van der Waals surface area (Å²) in [5.41, 5.74) is -0.760. The number of hydrogen-bond donors (Lipinski definition) is 1. The average molecular weight is 126 g/mol. The van der Waals surface area contributed by atoms with E-state index in [-0.39, 0.29) is 0 Å². The third-order valence-corrected chi connectivity index (χ3v) is 1.13. The lowest BCUT2D eigenvalue weighted by Gasteiger charge is -2.13. The van der Waals surface area contributed by atoms with Crippen LogP contribution in [0.5, 0.6) is 0 Å². The fourth-order valence-electron chi connectivity index (χ4n) is 0.819. The Kier molecular flexibility index (Phi) is 3.34. The second-order valence-corrected chi connectivity index (χ2v) is 2.40. The van der Waals surface area contributed by atoms with E-state index in [1.807, 2.05) is 6.92 Å². The summed E-state index contributed by atoms with van der Waals surface area (Å²) in [6.45, 7) is 5.52. The van der Waals surface area contributed by atoms with E-state index >= 15 is 0 Å². The largest absolute Gasteiger partial charge is 0.378 e. The van der Waals surface area contributed by atoms with Gasteiger partial charge in [0, 0.05) is 0 Å². The van der Waals surface area contributed by atoms with Crippen LogP contribution in [0.15, 0.2) is 0 Å². The van der Waals surface area contributed by atoms with E-state index in [0.29, 0.717) is 0 Å². The van der Waals surface area contributed by atoms with Gasteiger partial charge in [0.15, 0.2) is 0 Å². The first kappa shape index (κ1) is 8.52. The first-order valence-corrected chi connectivity index (χ1v) is 3.28. The molecule has 1 heteroatoms. The van der Waals surface area contributed by atoms with Gasteiger partial charge < -0.3 is 5.11 Å². The van der Waals surface area contributed by atoms with Crippen molar-refractivity contribution in [1.29, 1.82) is 0 Å². The van der Waals surface area contributed by atoms with Crippen molar-refractivity contribution in [1.82, 2.24) is 0 Å². The van der Waals surface area contributed by atoms with Gasteiger partial charge >= 0.3 is 0 Å². The summed E-state index contributed by atoms with van der Waals surface area (Å²) < 4.78 is 0. The molecular formula is C8H14O. The van der Waals surface area contributed by atoms with Gasteiger partial charge in [0.1, 0.15) is 5.60 Å². The van der Waals surface area contributed by atoms with E-state index in [1.54, 1.807) is 13.8 Å². The lowest BCUT2D eigenvalue weighted by atomic mass is 10.0. The molecule has 0 radical (unpaired) electrons. The zero-order valence-corrected chi connectivity index (χ0v) is 6.36. The molecule has 0 aromatic heterocycles. The molecule has 0 aliphatic rings. The number of aliphatic hydroxyl groups is 1. The summed E-state index contributed by atoms with van der Waals surface area (Å²) in [7, 11) is 0. The maximum Gasteiger partial charge on any atom is 0.122 e. The number of hydrogen-bond acceptors (Lipinski definition) is 1. The molecule has 0 bridgehead atoms. The van der Waals surface area contributed by atoms with Crippen molar-refractivity contribution >= 4 is 0 Å². The fourth-order valence-corrected chi connectivity index (χ4v) is 0.819. The Hall–Kier alpha value is -0.480. The average Bonchev–Trinajstić information content (AvgIpc) is 1.64. The second-order valence-electron chi connectivity index (χ2n) is 2.40. The summed E-state index contributed by atoms with van der Waals surface area (Å²) >= 11 is 0. The molecule has 0 saturated carbocycles. The Morgan fingerprint density at radius 1 is 1.56 bits per heavy atom. The Balaban J connectivity index is 3.80. The Bertz CT molecular complexity index is 125. The van der Waals surface area contributed by atoms with Gasteiger partial charge in [-0.25, -0.2) is 0 Å². The third kappa shape index (κ3) is 4.05. The molecule has 1 nitrogen and oxygen atoms in total.